The highest BCUT2D eigenvalue weighted by Crippen LogP contribution is 2.26. The number of anilines is 1. The normalized spacial score (nSPS) is 11.8. The molecule has 2 rings (SSSR count). The summed E-state index contributed by atoms with van der Waals surface area (Å²) in [4.78, 5) is 23.7. The second-order valence-electron chi connectivity index (χ2n) is 5.12. The average molecular weight is 380 g/mol. The van der Waals surface area contributed by atoms with E-state index in [1.165, 1.54) is 6.07 Å². The van der Waals surface area contributed by atoms with Gasteiger partial charge in [0, 0.05) is 5.69 Å². The minimum Gasteiger partial charge on any atom is -0.450 e. The molecule has 0 aliphatic carbocycles. The third kappa shape index (κ3) is 4.69. The predicted molar refractivity (Wildman–Crippen MR) is 90.5 cm³/mol. The topological polar surface area (TPSA) is 68.5 Å². The minimum absolute atomic E-state index is 0.0460. The van der Waals surface area contributed by atoms with Gasteiger partial charge < -0.3 is 14.5 Å². The van der Waals surface area contributed by atoms with Gasteiger partial charge in [-0.3, -0.25) is 4.79 Å². The molecule has 0 aliphatic heterocycles. The number of furan rings is 1. The molecular weight excluding hydrogens is 362 g/mol. The number of benzene rings is 1. The van der Waals surface area contributed by atoms with Crippen LogP contribution in [0.1, 0.15) is 42.3 Å². The lowest BCUT2D eigenvalue weighted by atomic mass is 9.97. The van der Waals surface area contributed by atoms with Crippen LogP contribution in [0.5, 0.6) is 0 Å². The third-order valence-corrected chi connectivity index (χ3v) is 3.91. The van der Waals surface area contributed by atoms with Gasteiger partial charge in [-0.2, -0.15) is 0 Å². The first-order valence-electron chi connectivity index (χ1n) is 7.32. The first kappa shape index (κ1) is 17.3. The number of hydrogen-bond donors (Lipinski definition) is 1. The van der Waals surface area contributed by atoms with Crippen LogP contribution in [0.2, 0.25) is 0 Å². The summed E-state index contributed by atoms with van der Waals surface area (Å²) in [5.74, 6) is -0.694. The van der Waals surface area contributed by atoms with E-state index < -0.39 is 5.97 Å². The van der Waals surface area contributed by atoms with Crippen LogP contribution in [-0.4, -0.2) is 18.5 Å². The van der Waals surface area contributed by atoms with Crippen molar-refractivity contribution in [2.45, 2.75) is 26.2 Å². The number of nitrogens with one attached hydrogen (secondary N) is 1. The second-order valence-corrected chi connectivity index (χ2v) is 5.91. The van der Waals surface area contributed by atoms with E-state index in [1.54, 1.807) is 6.07 Å². The fourth-order valence-corrected chi connectivity index (χ4v) is 2.38. The zero-order valence-corrected chi connectivity index (χ0v) is 14.6. The number of carbonyl (C=O) groups is 2. The molecule has 0 saturated carbocycles. The number of hydrogen-bond acceptors (Lipinski definition) is 4. The lowest BCUT2D eigenvalue weighted by molar-refractivity contribution is -0.119. The predicted octanol–water partition coefficient (Wildman–Crippen LogP) is 4.35. The standard InChI is InChI=1S/C17H18BrNO4/c1-3-11(2)12-6-4-5-7-13(12)19-16(20)10-22-17(21)14-8-9-15(18)23-14/h4-9,11H,3,10H2,1-2H3,(H,19,20)/t11-/m0/s1. The number of halogens is 1. The summed E-state index contributed by atoms with van der Waals surface area (Å²) in [7, 11) is 0. The van der Waals surface area contributed by atoms with Gasteiger partial charge in [0.25, 0.3) is 5.91 Å². The van der Waals surface area contributed by atoms with Gasteiger partial charge in [0.1, 0.15) is 0 Å². The SMILES string of the molecule is CC[C@H](C)c1ccccc1NC(=O)COC(=O)c1ccc(Br)o1. The van der Waals surface area contributed by atoms with Gasteiger partial charge in [-0.05, 0) is 52.0 Å². The highest BCUT2D eigenvalue weighted by molar-refractivity contribution is 9.10. The van der Waals surface area contributed by atoms with Crippen molar-refractivity contribution in [3.8, 4) is 0 Å². The summed E-state index contributed by atoms with van der Waals surface area (Å²) >= 11 is 3.10. The quantitative estimate of drug-likeness (QED) is 0.757. The van der Waals surface area contributed by atoms with Crippen LogP contribution in [0.3, 0.4) is 0 Å². The Labute approximate surface area is 143 Å². The van der Waals surface area contributed by atoms with Gasteiger partial charge in [0.15, 0.2) is 11.3 Å². The second kappa shape index (κ2) is 7.97. The van der Waals surface area contributed by atoms with Gasteiger partial charge in [-0.25, -0.2) is 4.79 Å². The molecule has 23 heavy (non-hydrogen) atoms. The molecule has 1 aromatic heterocycles. The summed E-state index contributed by atoms with van der Waals surface area (Å²) in [6.07, 6.45) is 0.968. The summed E-state index contributed by atoms with van der Waals surface area (Å²) in [5.41, 5.74) is 1.80. The van der Waals surface area contributed by atoms with Gasteiger partial charge in [-0.1, -0.05) is 32.0 Å². The Hall–Kier alpha value is -2.08. The lowest BCUT2D eigenvalue weighted by Gasteiger charge is -2.15. The fourth-order valence-electron chi connectivity index (χ4n) is 2.07. The molecule has 0 radical (unpaired) electrons. The first-order valence-corrected chi connectivity index (χ1v) is 8.11. The van der Waals surface area contributed by atoms with Crippen molar-refractivity contribution in [1.82, 2.24) is 0 Å². The van der Waals surface area contributed by atoms with Crippen LogP contribution in [0.15, 0.2) is 45.5 Å². The molecule has 0 unspecified atom stereocenters. The summed E-state index contributed by atoms with van der Waals surface area (Å²) in [6.45, 7) is 3.82. The van der Waals surface area contributed by atoms with Crippen molar-refractivity contribution in [2.24, 2.45) is 0 Å². The van der Waals surface area contributed by atoms with Crippen LogP contribution in [0, 0.1) is 0 Å². The minimum atomic E-state index is -0.680. The van der Waals surface area contributed by atoms with E-state index in [-0.39, 0.29) is 18.3 Å². The summed E-state index contributed by atoms with van der Waals surface area (Å²) < 4.78 is 10.4. The van der Waals surface area contributed by atoms with Crippen molar-refractivity contribution in [3.05, 3.63) is 52.4 Å². The molecule has 1 heterocycles. The number of para-hydroxylation sites is 1. The highest BCUT2D eigenvalue weighted by Gasteiger charge is 2.15. The molecule has 0 spiro atoms. The zero-order valence-electron chi connectivity index (χ0n) is 13.0. The first-order chi connectivity index (χ1) is 11.0. The molecule has 122 valence electrons. The third-order valence-electron chi connectivity index (χ3n) is 3.49. The number of rotatable bonds is 6. The Morgan fingerprint density at radius 3 is 2.65 bits per heavy atom. The Balaban J connectivity index is 1.94. The summed E-state index contributed by atoms with van der Waals surface area (Å²) in [5, 5.41) is 2.78. The van der Waals surface area contributed by atoms with Crippen molar-refractivity contribution >= 4 is 33.5 Å². The number of esters is 1. The van der Waals surface area contributed by atoms with E-state index in [2.05, 4.69) is 35.1 Å². The smallest absolute Gasteiger partial charge is 0.374 e. The fraction of sp³-hybridized carbons (Fsp3) is 0.294. The molecule has 1 atom stereocenters. The molecular formula is C17H18BrNO4. The molecule has 1 N–H and O–H groups in total. The van der Waals surface area contributed by atoms with Crippen LogP contribution >= 0.6 is 15.9 Å². The molecule has 1 aromatic carbocycles. The van der Waals surface area contributed by atoms with Crippen molar-refractivity contribution in [3.63, 3.8) is 0 Å². The van der Waals surface area contributed by atoms with Gasteiger partial charge in [0.2, 0.25) is 5.76 Å². The number of amides is 1. The van der Waals surface area contributed by atoms with Crippen LogP contribution in [-0.2, 0) is 9.53 Å². The maximum atomic E-state index is 12.0. The average Bonchev–Trinajstić information content (AvgIpc) is 2.99. The molecule has 6 heteroatoms. The largest absolute Gasteiger partial charge is 0.450 e. The Morgan fingerprint density at radius 2 is 2.00 bits per heavy atom. The van der Waals surface area contributed by atoms with Crippen LogP contribution in [0.4, 0.5) is 5.69 Å². The maximum Gasteiger partial charge on any atom is 0.374 e. The van der Waals surface area contributed by atoms with E-state index in [0.717, 1.165) is 17.7 Å². The molecule has 5 nitrogen and oxygen atoms in total. The van der Waals surface area contributed by atoms with Crippen molar-refractivity contribution < 1.29 is 18.7 Å². The molecule has 0 aliphatic rings. The van der Waals surface area contributed by atoms with Gasteiger partial charge >= 0.3 is 5.97 Å². The highest BCUT2D eigenvalue weighted by atomic mass is 79.9. The Bertz CT molecular complexity index is 695. The molecule has 0 fully saturated rings. The van der Waals surface area contributed by atoms with E-state index in [0.29, 0.717) is 10.6 Å². The van der Waals surface area contributed by atoms with Crippen LogP contribution in [0.25, 0.3) is 0 Å². The molecule has 1 amide bonds. The Kier molecular flexibility index (Phi) is 5.98. The van der Waals surface area contributed by atoms with Crippen LogP contribution < -0.4 is 5.32 Å². The maximum absolute atomic E-state index is 12.0. The van der Waals surface area contributed by atoms with E-state index in [4.69, 9.17) is 9.15 Å². The number of ether oxygens (including phenoxy) is 1. The molecule has 0 bridgehead atoms. The van der Waals surface area contributed by atoms with Crippen molar-refractivity contribution in [1.29, 1.82) is 0 Å². The zero-order chi connectivity index (χ0) is 16.8. The van der Waals surface area contributed by atoms with E-state index in [1.807, 2.05) is 24.3 Å². The van der Waals surface area contributed by atoms with E-state index >= 15 is 0 Å². The van der Waals surface area contributed by atoms with Gasteiger partial charge in [-0.15, -0.1) is 0 Å². The van der Waals surface area contributed by atoms with Gasteiger partial charge in [0.05, 0.1) is 0 Å². The molecule has 2 aromatic rings. The number of carbonyl (C=O) groups excluding carboxylic acids is 2. The monoisotopic (exact) mass is 379 g/mol. The lowest BCUT2D eigenvalue weighted by Crippen LogP contribution is -2.21. The Morgan fingerprint density at radius 1 is 1.26 bits per heavy atom. The summed E-state index contributed by atoms with van der Waals surface area (Å²) in [6, 6.07) is 10.7. The molecule has 0 saturated heterocycles. The van der Waals surface area contributed by atoms with E-state index in [9.17, 15) is 9.59 Å². The van der Waals surface area contributed by atoms with Crippen molar-refractivity contribution in [2.75, 3.05) is 11.9 Å².